The van der Waals surface area contributed by atoms with Crippen LogP contribution in [-0.2, 0) is 6.42 Å². The Hall–Kier alpha value is -0.870. The van der Waals surface area contributed by atoms with E-state index in [2.05, 4.69) is 20.2 Å². The van der Waals surface area contributed by atoms with Gasteiger partial charge in [-0.2, -0.15) is 0 Å². The van der Waals surface area contributed by atoms with Crippen LogP contribution in [0.5, 0.6) is 0 Å². The highest BCUT2D eigenvalue weighted by molar-refractivity contribution is 6.29. The number of hydrogen-bond acceptors (Lipinski definition) is 4. The summed E-state index contributed by atoms with van der Waals surface area (Å²) < 4.78 is 0. The summed E-state index contributed by atoms with van der Waals surface area (Å²) in [6, 6.07) is 2.71. The van der Waals surface area contributed by atoms with Gasteiger partial charge in [-0.3, -0.25) is 0 Å². The number of halogens is 1. The van der Waals surface area contributed by atoms with E-state index in [1.54, 1.807) is 0 Å². The lowest BCUT2D eigenvalue weighted by Gasteiger charge is -2.15. The molecule has 0 aromatic carbocycles. The van der Waals surface area contributed by atoms with E-state index in [9.17, 15) is 0 Å². The number of rotatable bonds is 5. The zero-order chi connectivity index (χ0) is 13.2. The fourth-order valence-corrected chi connectivity index (χ4v) is 2.96. The quantitative estimate of drug-likeness (QED) is 0.842. The summed E-state index contributed by atoms with van der Waals surface area (Å²) in [6.07, 6.45) is 4.92. The van der Waals surface area contributed by atoms with E-state index in [1.165, 1.54) is 32.4 Å². The summed E-state index contributed by atoms with van der Waals surface area (Å²) in [6.45, 7) is 5.53. The van der Waals surface area contributed by atoms with Gasteiger partial charge < -0.3 is 10.2 Å². The maximum Gasteiger partial charge on any atom is 0.134 e. The van der Waals surface area contributed by atoms with Gasteiger partial charge in [0.1, 0.15) is 16.8 Å². The summed E-state index contributed by atoms with van der Waals surface area (Å²) in [4.78, 5) is 11.3. The van der Waals surface area contributed by atoms with Gasteiger partial charge in [-0.05, 0) is 31.7 Å². The molecule has 0 radical (unpaired) electrons. The second kappa shape index (κ2) is 5.63. The van der Waals surface area contributed by atoms with Crippen LogP contribution in [-0.4, -0.2) is 40.5 Å². The summed E-state index contributed by atoms with van der Waals surface area (Å²) in [7, 11) is 0. The first kappa shape index (κ1) is 13.1. The third-order valence-electron chi connectivity index (χ3n) is 4.01. The Labute approximate surface area is 119 Å². The standard InChI is InChI=1S/C14H21ClN4/c1-2-13-17-12(15)7-14(18-13)16-8-10-5-6-19(9-10)11-3-4-11/h7,10-11H,2-6,8-9H2,1H3,(H,16,17,18). The molecule has 1 aliphatic heterocycles. The molecule has 0 bridgehead atoms. The van der Waals surface area contributed by atoms with Crippen LogP contribution in [0.15, 0.2) is 6.07 Å². The third kappa shape index (κ3) is 3.37. The molecule has 104 valence electrons. The van der Waals surface area contributed by atoms with Gasteiger partial charge in [0.2, 0.25) is 0 Å². The Balaban J connectivity index is 1.53. The van der Waals surface area contributed by atoms with Gasteiger partial charge in [0.25, 0.3) is 0 Å². The van der Waals surface area contributed by atoms with Crippen molar-refractivity contribution in [1.82, 2.24) is 14.9 Å². The predicted octanol–water partition coefficient (Wildman–Crippen LogP) is 2.59. The van der Waals surface area contributed by atoms with Crippen molar-refractivity contribution in [3.63, 3.8) is 0 Å². The molecule has 1 aliphatic carbocycles. The summed E-state index contributed by atoms with van der Waals surface area (Å²) in [5, 5.41) is 3.95. The first-order chi connectivity index (χ1) is 9.24. The number of aromatic nitrogens is 2. The highest BCUT2D eigenvalue weighted by atomic mass is 35.5. The third-order valence-corrected chi connectivity index (χ3v) is 4.20. The lowest BCUT2D eigenvalue weighted by atomic mass is 10.1. The van der Waals surface area contributed by atoms with Gasteiger partial charge in [0, 0.05) is 31.6 Å². The number of hydrogen-bond donors (Lipinski definition) is 1. The van der Waals surface area contributed by atoms with Crippen LogP contribution in [0.4, 0.5) is 5.82 Å². The lowest BCUT2D eigenvalue weighted by Crippen LogP contribution is -2.25. The normalized spacial score (nSPS) is 23.8. The molecule has 2 aliphatic rings. The summed E-state index contributed by atoms with van der Waals surface area (Å²) in [5.41, 5.74) is 0. The van der Waals surface area contributed by atoms with Crippen molar-refractivity contribution in [2.75, 3.05) is 25.0 Å². The summed E-state index contributed by atoms with van der Waals surface area (Å²) >= 11 is 6.00. The molecule has 0 spiro atoms. The minimum Gasteiger partial charge on any atom is -0.370 e. The molecule has 1 atom stereocenters. The van der Waals surface area contributed by atoms with Crippen molar-refractivity contribution < 1.29 is 0 Å². The lowest BCUT2D eigenvalue weighted by molar-refractivity contribution is 0.316. The molecule has 1 unspecified atom stereocenters. The molecule has 2 fully saturated rings. The number of nitrogens with one attached hydrogen (secondary N) is 1. The van der Waals surface area contributed by atoms with E-state index < -0.39 is 0 Å². The van der Waals surface area contributed by atoms with Crippen LogP contribution in [0, 0.1) is 5.92 Å². The number of anilines is 1. The molecule has 1 aromatic heterocycles. The molecule has 3 rings (SSSR count). The molecular weight excluding hydrogens is 260 g/mol. The molecule has 1 saturated carbocycles. The van der Waals surface area contributed by atoms with E-state index >= 15 is 0 Å². The highest BCUT2D eigenvalue weighted by Gasteiger charge is 2.34. The monoisotopic (exact) mass is 280 g/mol. The Morgan fingerprint density at radius 1 is 1.37 bits per heavy atom. The Kier molecular flexibility index (Phi) is 3.89. The van der Waals surface area contributed by atoms with Gasteiger partial charge in [0.05, 0.1) is 0 Å². The summed E-state index contributed by atoms with van der Waals surface area (Å²) in [5.74, 6) is 2.40. The molecule has 1 aromatic rings. The van der Waals surface area contributed by atoms with Crippen LogP contribution < -0.4 is 5.32 Å². The highest BCUT2D eigenvalue weighted by Crippen LogP contribution is 2.31. The van der Waals surface area contributed by atoms with Crippen molar-refractivity contribution in [2.45, 2.75) is 38.6 Å². The topological polar surface area (TPSA) is 41.1 Å². The second-order valence-electron chi connectivity index (χ2n) is 5.61. The first-order valence-electron chi connectivity index (χ1n) is 7.26. The van der Waals surface area contributed by atoms with Crippen LogP contribution in [0.1, 0.15) is 32.0 Å². The fraction of sp³-hybridized carbons (Fsp3) is 0.714. The first-order valence-corrected chi connectivity index (χ1v) is 7.63. The molecule has 1 saturated heterocycles. The van der Waals surface area contributed by atoms with Crippen LogP contribution in [0.3, 0.4) is 0 Å². The van der Waals surface area contributed by atoms with E-state index in [0.717, 1.165) is 36.6 Å². The number of aryl methyl sites for hydroxylation is 1. The van der Waals surface area contributed by atoms with E-state index in [4.69, 9.17) is 11.6 Å². The maximum atomic E-state index is 6.00. The van der Waals surface area contributed by atoms with E-state index in [0.29, 0.717) is 5.15 Å². The van der Waals surface area contributed by atoms with Crippen LogP contribution in [0.25, 0.3) is 0 Å². The van der Waals surface area contributed by atoms with E-state index in [1.807, 2.05) is 13.0 Å². The van der Waals surface area contributed by atoms with Crippen LogP contribution >= 0.6 is 11.6 Å². The molecule has 2 heterocycles. The molecule has 4 nitrogen and oxygen atoms in total. The number of nitrogens with zero attached hydrogens (tertiary/aromatic N) is 3. The second-order valence-corrected chi connectivity index (χ2v) is 5.99. The van der Waals surface area contributed by atoms with Crippen molar-refractivity contribution in [3.8, 4) is 0 Å². The zero-order valence-corrected chi connectivity index (χ0v) is 12.2. The van der Waals surface area contributed by atoms with Crippen LogP contribution in [0.2, 0.25) is 5.15 Å². The fourth-order valence-electron chi connectivity index (χ4n) is 2.76. The average Bonchev–Trinajstić information content (AvgIpc) is 3.15. The number of likely N-dealkylation sites (tertiary alicyclic amines) is 1. The SMILES string of the molecule is CCc1nc(Cl)cc(NCC2CCN(C3CC3)C2)n1. The van der Waals surface area contributed by atoms with Crippen molar-refractivity contribution in [1.29, 1.82) is 0 Å². The molecule has 1 N–H and O–H groups in total. The molecule has 19 heavy (non-hydrogen) atoms. The van der Waals surface area contributed by atoms with Gasteiger partial charge in [-0.25, -0.2) is 9.97 Å². The van der Waals surface area contributed by atoms with Gasteiger partial charge in [0.15, 0.2) is 0 Å². The van der Waals surface area contributed by atoms with Crippen molar-refractivity contribution >= 4 is 17.4 Å². The Bertz CT molecular complexity index is 447. The largest absolute Gasteiger partial charge is 0.370 e. The van der Waals surface area contributed by atoms with Gasteiger partial charge >= 0.3 is 0 Å². The zero-order valence-electron chi connectivity index (χ0n) is 11.4. The van der Waals surface area contributed by atoms with Crippen molar-refractivity contribution in [3.05, 3.63) is 17.0 Å². The smallest absolute Gasteiger partial charge is 0.134 e. The van der Waals surface area contributed by atoms with Crippen molar-refractivity contribution in [2.24, 2.45) is 5.92 Å². The van der Waals surface area contributed by atoms with E-state index in [-0.39, 0.29) is 0 Å². The minimum atomic E-state index is 0.528. The Morgan fingerprint density at radius 2 is 2.21 bits per heavy atom. The average molecular weight is 281 g/mol. The van der Waals surface area contributed by atoms with Gasteiger partial charge in [-0.1, -0.05) is 18.5 Å². The molecule has 0 amide bonds. The molecular formula is C14H21ClN4. The maximum absolute atomic E-state index is 6.00. The van der Waals surface area contributed by atoms with Gasteiger partial charge in [-0.15, -0.1) is 0 Å². The minimum absolute atomic E-state index is 0.528. The predicted molar refractivity (Wildman–Crippen MR) is 77.6 cm³/mol. The Morgan fingerprint density at radius 3 is 2.95 bits per heavy atom. The molecule has 5 heteroatoms.